The predicted octanol–water partition coefficient (Wildman–Crippen LogP) is 2.18. The van der Waals surface area contributed by atoms with Crippen molar-refractivity contribution in [2.45, 2.75) is 0 Å². The number of rotatable bonds is 4. The molecule has 8 heteroatoms. The molecule has 7 nitrogen and oxygen atoms in total. The molecule has 0 saturated carbocycles. The topological polar surface area (TPSA) is 105 Å². The number of hydrogen-bond donors (Lipinski definition) is 3. The van der Waals surface area contributed by atoms with E-state index in [1.165, 1.54) is 18.5 Å². The molecule has 0 atom stereocenters. The predicted molar refractivity (Wildman–Crippen MR) is 87.5 cm³/mol. The van der Waals surface area contributed by atoms with E-state index in [1.807, 2.05) is 18.2 Å². The summed E-state index contributed by atoms with van der Waals surface area (Å²) in [7, 11) is -2.67. The van der Waals surface area contributed by atoms with Crippen molar-refractivity contribution in [2.24, 2.45) is 0 Å². The summed E-state index contributed by atoms with van der Waals surface area (Å²) in [5, 5.41) is 3.87. The molecule has 0 aliphatic heterocycles. The van der Waals surface area contributed by atoms with Crippen LogP contribution in [-0.4, -0.2) is 26.9 Å². The normalized spacial score (nSPS) is 11.4. The molecule has 1 aromatic heterocycles. The smallest absolute Gasteiger partial charge is 0.356 e. The van der Waals surface area contributed by atoms with Crippen LogP contribution >= 0.6 is 7.60 Å². The molecule has 0 fully saturated rings. The second-order valence-corrected chi connectivity index (χ2v) is 6.40. The molecule has 3 rings (SSSR count). The van der Waals surface area contributed by atoms with Crippen molar-refractivity contribution >= 4 is 35.3 Å². The Morgan fingerprint density at radius 2 is 1.83 bits per heavy atom. The molecule has 0 bridgehead atoms. The van der Waals surface area contributed by atoms with Crippen LogP contribution < -0.4 is 15.4 Å². The number of nitrogens with one attached hydrogen (secondary N) is 1. The van der Waals surface area contributed by atoms with Crippen LogP contribution in [0.5, 0.6) is 5.75 Å². The van der Waals surface area contributed by atoms with E-state index in [1.54, 1.807) is 19.2 Å². The first-order valence-electron chi connectivity index (χ1n) is 6.70. The monoisotopic (exact) mass is 331 g/mol. The van der Waals surface area contributed by atoms with Gasteiger partial charge in [0, 0.05) is 11.1 Å². The van der Waals surface area contributed by atoms with E-state index in [0.29, 0.717) is 22.8 Å². The van der Waals surface area contributed by atoms with E-state index in [2.05, 4.69) is 15.3 Å². The Morgan fingerprint density at radius 1 is 1.09 bits per heavy atom. The molecule has 2 aromatic carbocycles. The Bertz CT molecular complexity index is 893. The molecule has 0 amide bonds. The number of aromatic nitrogens is 2. The molecule has 3 aromatic rings. The quantitative estimate of drug-likeness (QED) is 0.629. The zero-order valence-corrected chi connectivity index (χ0v) is 13.1. The van der Waals surface area contributed by atoms with Gasteiger partial charge < -0.3 is 19.8 Å². The van der Waals surface area contributed by atoms with Gasteiger partial charge in [-0.25, -0.2) is 9.97 Å². The first kappa shape index (κ1) is 15.4. The molecule has 0 aliphatic carbocycles. The fraction of sp³-hybridized carbons (Fsp3) is 0.0667. The van der Waals surface area contributed by atoms with Crippen molar-refractivity contribution in [1.82, 2.24) is 9.97 Å². The van der Waals surface area contributed by atoms with Crippen molar-refractivity contribution in [1.29, 1.82) is 0 Å². The Balaban J connectivity index is 1.97. The standard InChI is InChI=1S/C15H14N3O4P/c1-22-13-4-2-3-12-14(13)16-9-17-15(12)18-10-5-7-11(8-6-10)23(19,20)21/h2-9H,1H3,(H,16,17,18)(H2,19,20,21). The molecule has 0 saturated heterocycles. The fourth-order valence-corrected chi connectivity index (χ4v) is 2.74. The van der Waals surface area contributed by atoms with Crippen LogP contribution in [0.4, 0.5) is 11.5 Å². The molecular weight excluding hydrogens is 317 g/mol. The van der Waals surface area contributed by atoms with Crippen molar-refractivity contribution in [3.05, 3.63) is 48.8 Å². The Hall–Kier alpha value is -2.47. The summed E-state index contributed by atoms with van der Waals surface area (Å²) in [6.45, 7) is 0. The van der Waals surface area contributed by atoms with Crippen molar-refractivity contribution < 1.29 is 19.1 Å². The Labute approximate surface area is 132 Å². The Morgan fingerprint density at radius 3 is 2.48 bits per heavy atom. The van der Waals surface area contributed by atoms with Crippen molar-refractivity contribution in [3.8, 4) is 5.75 Å². The summed E-state index contributed by atoms with van der Waals surface area (Å²) in [6, 6.07) is 11.5. The highest BCUT2D eigenvalue weighted by Gasteiger charge is 2.16. The molecule has 3 N–H and O–H groups in total. The van der Waals surface area contributed by atoms with Crippen LogP contribution in [0.1, 0.15) is 0 Å². The second kappa shape index (κ2) is 5.96. The molecule has 23 heavy (non-hydrogen) atoms. The maximum atomic E-state index is 11.2. The number of nitrogens with zero attached hydrogens (tertiary/aromatic N) is 2. The van der Waals surface area contributed by atoms with Crippen LogP contribution in [0.2, 0.25) is 0 Å². The fourth-order valence-electron chi connectivity index (χ4n) is 2.20. The molecule has 1 heterocycles. The molecular formula is C15H14N3O4P. The third-order valence-electron chi connectivity index (χ3n) is 3.31. The van der Waals surface area contributed by atoms with Gasteiger partial charge in [0.25, 0.3) is 0 Å². The first-order valence-corrected chi connectivity index (χ1v) is 8.31. The lowest BCUT2D eigenvalue weighted by Crippen LogP contribution is -2.04. The zero-order chi connectivity index (χ0) is 16.4. The highest BCUT2D eigenvalue weighted by molar-refractivity contribution is 7.60. The average Bonchev–Trinajstić information content (AvgIpc) is 2.54. The zero-order valence-electron chi connectivity index (χ0n) is 12.2. The number of benzene rings is 2. The third-order valence-corrected chi connectivity index (χ3v) is 4.28. The summed E-state index contributed by atoms with van der Waals surface area (Å²) in [6.07, 6.45) is 1.43. The van der Waals surface area contributed by atoms with Crippen LogP contribution in [-0.2, 0) is 4.57 Å². The largest absolute Gasteiger partial charge is 0.494 e. The maximum Gasteiger partial charge on any atom is 0.356 e. The van der Waals surface area contributed by atoms with Crippen molar-refractivity contribution in [2.75, 3.05) is 12.4 Å². The van der Waals surface area contributed by atoms with Gasteiger partial charge in [0.15, 0.2) is 0 Å². The summed E-state index contributed by atoms with van der Waals surface area (Å²) in [4.78, 5) is 26.7. The number of ether oxygens (including phenoxy) is 1. The number of para-hydroxylation sites is 1. The minimum absolute atomic E-state index is 0.0303. The maximum absolute atomic E-state index is 11.2. The van der Waals surface area contributed by atoms with E-state index in [4.69, 9.17) is 14.5 Å². The lowest BCUT2D eigenvalue weighted by molar-refractivity contribution is 0.387. The molecule has 0 unspecified atom stereocenters. The van der Waals surface area contributed by atoms with Gasteiger partial charge in [-0.2, -0.15) is 0 Å². The Kier molecular flexibility index (Phi) is 4.00. The first-order chi connectivity index (χ1) is 11.0. The minimum atomic E-state index is -4.24. The number of hydrogen-bond acceptors (Lipinski definition) is 5. The summed E-state index contributed by atoms with van der Waals surface area (Å²) in [5.74, 6) is 1.22. The van der Waals surface area contributed by atoms with Gasteiger partial charge in [0.05, 0.1) is 12.4 Å². The van der Waals surface area contributed by atoms with E-state index >= 15 is 0 Å². The van der Waals surface area contributed by atoms with Crippen LogP contribution in [0.15, 0.2) is 48.8 Å². The average molecular weight is 331 g/mol. The van der Waals surface area contributed by atoms with E-state index in [-0.39, 0.29) is 5.30 Å². The highest BCUT2D eigenvalue weighted by atomic mass is 31.2. The minimum Gasteiger partial charge on any atom is -0.494 e. The van der Waals surface area contributed by atoms with Crippen molar-refractivity contribution in [3.63, 3.8) is 0 Å². The van der Waals surface area contributed by atoms with Gasteiger partial charge in [0.1, 0.15) is 23.4 Å². The third kappa shape index (κ3) is 3.17. The lowest BCUT2D eigenvalue weighted by Gasteiger charge is -2.11. The van der Waals surface area contributed by atoms with Gasteiger partial charge >= 0.3 is 7.60 Å². The number of methoxy groups -OCH3 is 1. The molecule has 118 valence electrons. The van der Waals surface area contributed by atoms with E-state index in [0.717, 1.165) is 5.39 Å². The van der Waals surface area contributed by atoms with Crippen LogP contribution in [0, 0.1) is 0 Å². The van der Waals surface area contributed by atoms with E-state index < -0.39 is 7.60 Å². The highest BCUT2D eigenvalue weighted by Crippen LogP contribution is 2.34. The number of fused-ring (bicyclic) bond motifs is 1. The SMILES string of the molecule is COc1cccc2c(Nc3ccc(P(=O)(O)O)cc3)ncnc12. The van der Waals surface area contributed by atoms with Gasteiger partial charge in [-0.15, -0.1) is 0 Å². The van der Waals surface area contributed by atoms with Gasteiger partial charge in [-0.1, -0.05) is 6.07 Å². The summed E-state index contributed by atoms with van der Waals surface area (Å²) in [5.41, 5.74) is 1.34. The van der Waals surface area contributed by atoms with Gasteiger partial charge in [0.2, 0.25) is 0 Å². The van der Waals surface area contributed by atoms with E-state index in [9.17, 15) is 4.57 Å². The van der Waals surface area contributed by atoms with Crippen LogP contribution in [0.25, 0.3) is 10.9 Å². The van der Waals surface area contributed by atoms with Gasteiger partial charge in [-0.3, -0.25) is 4.57 Å². The second-order valence-electron chi connectivity index (χ2n) is 4.79. The molecule has 0 radical (unpaired) electrons. The number of anilines is 2. The summed E-state index contributed by atoms with van der Waals surface area (Å²) >= 11 is 0. The van der Waals surface area contributed by atoms with Crippen LogP contribution in [0.3, 0.4) is 0 Å². The molecule has 0 aliphatic rings. The molecule has 0 spiro atoms. The summed E-state index contributed by atoms with van der Waals surface area (Å²) < 4.78 is 16.5. The lowest BCUT2D eigenvalue weighted by atomic mass is 10.2. The van der Waals surface area contributed by atoms with Gasteiger partial charge in [-0.05, 0) is 36.4 Å².